The number of likely N-dealkylation sites (tertiary alicyclic amines) is 1. The van der Waals surface area contributed by atoms with E-state index in [2.05, 4.69) is 4.98 Å². The molecule has 1 aliphatic heterocycles. The van der Waals surface area contributed by atoms with Gasteiger partial charge in [0.2, 0.25) is 5.91 Å². The molecule has 1 saturated heterocycles. The highest BCUT2D eigenvalue weighted by atomic mass is 16.2. The fourth-order valence-electron chi connectivity index (χ4n) is 2.83. The second kappa shape index (κ2) is 6.70. The molecule has 0 bridgehead atoms. The average Bonchev–Trinajstić information content (AvgIpc) is 2.47. The van der Waals surface area contributed by atoms with Gasteiger partial charge < -0.3 is 9.80 Å². The summed E-state index contributed by atoms with van der Waals surface area (Å²) in [6.07, 6.45) is 6.46. The monoisotopic (exact) mass is 289 g/mol. The third-order valence-electron chi connectivity index (χ3n) is 3.94. The first-order valence-corrected chi connectivity index (χ1v) is 7.38. The van der Waals surface area contributed by atoms with Crippen LogP contribution in [-0.2, 0) is 11.2 Å². The smallest absolute Gasteiger partial charge is 0.254 e. The number of rotatable bonds is 3. The van der Waals surface area contributed by atoms with Gasteiger partial charge in [0, 0.05) is 46.5 Å². The molecule has 1 aromatic rings. The summed E-state index contributed by atoms with van der Waals surface area (Å²) in [5.41, 5.74) is 1.69. The van der Waals surface area contributed by atoms with Crippen molar-refractivity contribution in [1.82, 2.24) is 14.8 Å². The van der Waals surface area contributed by atoms with Crippen molar-refractivity contribution in [1.29, 1.82) is 0 Å². The van der Waals surface area contributed by atoms with Crippen molar-refractivity contribution in [3.63, 3.8) is 0 Å². The van der Waals surface area contributed by atoms with Gasteiger partial charge in [-0.15, -0.1) is 0 Å². The van der Waals surface area contributed by atoms with Crippen molar-refractivity contribution >= 4 is 11.8 Å². The quantitative estimate of drug-likeness (QED) is 0.849. The molecule has 0 saturated carbocycles. The average molecular weight is 289 g/mol. The minimum Gasteiger partial charge on any atom is -0.345 e. The number of amides is 2. The molecule has 0 N–H and O–H groups in total. The van der Waals surface area contributed by atoms with E-state index in [-0.39, 0.29) is 11.8 Å². The Balaban J connectivity index is 2.04. The molecule has 0 radical (unpaired) electrons. The van der Waals surface area contributed by atoms with Crippen LogP contribution in [0.4, 0.5) is 0 Å². The molecule has 0 aromatic carbocycles. The molecule has 1 aliphatic rings. The zero-order valence-corrected chi connectivity index (χ0v) is 13.0. The van der Waals surface area contributed by atoms with Crippen LogP contribution in [0.25, 0.3) is 0 Å². The standard InChI is InChI=1S/C16H23N3O2/c1-12(20)19-6-4-5-13(11-19)7-14-8-15(10-17-9-14)16(21)18(2)3/h8-10,13H,4-7,11H2,1-3H3/t13-/m1/s1. The van der Waals surface area contributed by atoms with Crippen LogP contribution in [0.15, 0.2) is 18.5 Å². The largest absolute Gasteiger partial charge is 0.345 e. The van der Waals surface area contributed by atoms with E-state index < -0.39 is 0 Å². The zero-order valence-electron chi connectivity index (χ0n) is 13.0. The van der Waals surface area contributed by atoms with Crippen molar-refractivity contribution in [2.75, 3.05) is 27.2 Å². The summed E-state index contributed by atoms with van der Waals surface area (Å²) >= 11 is 0. The number of hydrogen-bond acceptors (Lipinski definition) is 3. The summed E-state index contributed by atoms with van der Waals surface area (Å²) in [7, 11) is 3.47. The normalized spacial score (nSPS) is 18.4. The topological polar surface area (TPSA) is 53.5 Å². The Bertz CT molecular complexity index is 528. The molecule has 1 fully saturated rings. The summed E-state index contributed by atoms with van der Waals surface area (Å²) < 4.78 is 0. The predicted molar refractivity (Wildman–Crippen MR) is 80.9 cm³/mol. The van der Waals surface area contributed by atoms with Crippen LogP contribution in [0.5, 0.6) is 0 Å². The highest BCUT2D eigenvalue weighted by Crippen LogP contribution is 2.21. The van der Waals surface area contributed by atoms with E-state index >= 15 is 0 Å². The van der Waals surface area contributed by atoms with E-state index in [1.165, 1.54) is 0 Å². The lowest BCUT2D eigenvalue weighted by molar-refractivity contribution is -0.130. The molecule has 21 heavy (non-hydrogen) atoms. The van der Waals surface area contributed by atoms with Crippen LogP contribution in [0, 0.1) is 5.92 Å². The fraction of sp³-hybridized carbons (Fsp3) is 0.562. The van der Waals surface area contributed by atoms with Gasteiger partial charge in [-0.25, -0.2) is 0 Å². The molecule has 1 aromatic heterocycles. The second-order valence-corrected chi connectivity index (χ2v) is 5.96. The van der Waals surface area contributed by atoms with Crippen molar-refractivity contribution in [2.24, 2.45) is 5.92 Å². The molecule has 5 heteroatoms. The van der Waals surface area contributed by atoms with E-state index in [1.807, 2.05) is 17.2 Å². The van der Waals surface area contributed by atoms with Crippen LogP contribution in [0.3, 0.4) is 0 Å². The summed E-state index contributed by atoms with van der Waals surface area (Å²) in [5.74, 6) is 0.571. The van der Waals surface area contributed by atoms with E-state index in [0.717, 1.165) is 37.9 Å². The van der Waals surface area contributed by atoms with Crippen LogP contribution in [0.2, 0.25) is 0 Å². The summed E-state index contributed by atoms with van der Waals surface area (Å²) in [5, 5.41) is 0. The Kier molecular flexibility index (Phi) is 4.94. The highest BCUT2D eigenvalue weighted by molar-refractivity contribution is 5.93. The SMILES string of the molecule is CC(=O)N1CCC[C@H](Cc2cncc(C(=O)N(C)C)c2)C1. The Morgan fingerprint density at radius 2 is 2.14 bits per heavy atom. The summed E-state index contributed by atoms with van der Waals surface area (Å²) in [4.78, 5) is 31.1. The molecule has 5 nitrogen and oxygen atoms in total. The number of carbonyl (C=O) groups excluding carboxylic acids is 2. The van der Waals surface area contributed by atoms with Crippen LogP contribution in [-0.4, -0.2) is 53.8 Å². The predicted octanol–water partition coefficient (Wildman–Crippen LogP) is 1.58. The molecular formula is C16H23N3O2. The first-order valence-electron chi connectivity index (χ1n) is 7.38. The maximum Gasteiger partial charge on any atom is 0.254 e. The lowest BCUT2D eigenvalue weighted by Crippen LogP contribution is -2.39. The number of hydrogen-bond donors (Lipinski definition) is 0. The van der Waals surface area contributed by atoms with Crippen molar-refractivity contribution < 1.29 is 9.59 Å². The fourth-order valence-corrected chi connectivity index (χ4v) is 2.83. The molecule has 2 rings (SSSR count). The first kappa shape index (κ1) is 15.5. The highest BCUT2D eigenvalue weighted by Gasteiger charge is 2.22. The van der Waals surface area contributed by atoms with Gasteiger partial charge in [-0.05, 0) is 36.8 Å². The van der Waals surface area contributed by atoms with Crippen LogP contribution in [0.1, 0.15) is 35.7 Å². The number of aromatic nitrogens is 1. The molecule has 2 heterocycles. The van der Waals surface area contributed by atoms with Gasteiger partial charge in [0.05, 0.1) is 5.56 Å². The molecule has 0 unspecified atom stereocenters. The van der Waals surface area contributed by atoms with E-state index in [0.29, 0.717) is 11.5 Å². The van der Waals surface area contributed by atoms with Crippen molar-refractivity contribution in [2.45, 2.75) is 26.2 Å². The van der Waals surface area contributed by atoms with Gasteiger partial charge in [0.15, 0.2) is 0 Å². The van der Waals surface area contributed by atoms with Crippen LogP contribution >= 0.6 is 0 Å². The van der Waals surface area contributed by atoms with E-state index in [4.69, 9.17) is 0 Å². The first-order chi connectivity index (χ1) is 9.97. The number of pyridine rings is 1. The lowest BCUT2D eigenvalue weighted by atomic mass is 9.91. The molecular weight excluding hydrogens is 266 g/mol. The Morgan fingerprint density at radius 1 is 1.38 bits per heavy atom. The van der Waals surface area contributed by atoms with Gasteiger partial charge in [-0.2, -0.15) is 0 Å². The zero-order chi connectivity index (χ0) is 15.4. The Labute approximate surface area is 126 Å². The molecule has 0 spiro atoms. The third kappa shape index (κ3) is 4.03. The van der Waals surface area contributed by atoms with Gasteiger partial charge in [-0.1, -0.05) is 0 Å². The third-order valence-corrected chi connectivity index (χ3v) is 3.94. The lowest BCUT2D eigenvalue weighted by Gasteiger charge is -2.32. The minimum absolute atomic E-state index is 0.0293. The maximum atomic E-state index is 12.0. The van der Waals surface area contributed by atoms with Gasteiger partial charge in [-0.3, -0.25) is 14.6 Å². The maximum absolute atomic E-state index is 12.0. The molecule has 1 atom stereocenters. The van der Waals surface area contributed by atoms with Crippen molar-refractivity contribution in [3.05, 3.63) is 29.6 Å². The number of piperidine rings is 1. The summed E-state index contributed by atoms with van der Waals surface area (Å²) in [6.45, 7) is 3.30. The van der Waals surface area contributed by atoms with Crippen LogP contribution < -0.4 is 0 Å². The Morgan fingerprint density at radius 3 is 2.81 bits per heavy atom. The summed E-state index contributed by atoms with van der Waals surface area (Å²) in [6, 6.07) is 1.92. The van der Waals surface area contributed by atoms with Gasteiger partial charge >= 0.3 is 0 Å². The second-order valence-electron chi connectivity index (χ2n) is 5.96. The van der Waals surface area contributed by atoms with Gasteiger partial charge in [0.1, 0.15) is 0 Å². The van der Waals surface area contributed by atoms with Crippen molar-refractivity contribution in [3.8, 4) is 0 Å². The number of carbonyl (C=O) groups is 2. The Hall–Kier alpha value is -1.91. The molecule has 114 valence electrons. The minimum atomic E-state index is -0.0293. The molecule has 0 aliphatic carbocycles. The van der Waals surface area contributed by atoms with E-state index in [9.17, 15) is 9.59 Å². The molecule has 2 amide bonds. The number of nitrogens with zero attached hydrogens (tertiary/aromatic N) is 3. The van der Waals surface area contributed by atoms with Gasteiger partial charge in [0.25, 0.3) is 5.91 Å². The van der Waals surface area contributed by atoms with E-state index in [1.54, 1.807) is 32.1 Å².